The number of amides is 4. The van der Waals surface area contributed by atoms with Gasteiger partial charge in [-0.3, -0.25) is 19.2 Å². The molecule has 3 atom stereocenters. The molecule has 0 saturated carbocycles. The zero-order chi connectivity index (χ0) is 21.5. The van der Waals surface area contributed by atoms with Crippen LogP contribution >= 0.6 is 0 Å². The van der Waals surface area contributed by atoms with Crippen molar-refractivity contribution in [2.45, 2.75) is 44.3 Å². The van der Waals surface area contributed by atoms with Gasteiger partial charge in [0.05, 0.1) is 19.8 Å². The largest absolute Gasteiger partial charge is 0.394 e. The van der Waals surface area contributed by atoms with Crippen LogP contribution in [0.5, 0.6) is 0 Å². The molecule has 0 spiro atoms. The Morgan fingerprint density at radius 2 is 1.29 bits per heavy atom. The second-order valence-corrected chi connectivity index (χ2v) is 5.97. The molecule has 162 valence electrons. The van der Waals surface area contributed by atoms with Crippen molar-refractivity contribution in [3.8, 4) is 0 Å². The molecular weight excluding hydrogens is 374 g/mol. The summed E-state index contributed by atoms with van der Waals surface area (Å²) in [7, 11) is 0. The van der Waals surface area contributed by atoms with Crippen LogP contribution in [0.15, 0.2) is 0 Å². The van der Waals surface area contributed by atoms with Gasteiger partial charge in [0, 0.05) is 19.5 Å². The van der Waals surface area contributed by atoms with E-state index < -0.39 is 61.6 Å². The van der Waals surface area contributed by atoms with Gasteiger partial charge in [0.2, 0.25) is 23.6 Å². The number of hydrogen-bond acceptors (Lipinski definition) is 8. The van der Waals surface area contributed by atoms with Crippen molar-refractivity contribution in [3.63, 3.8) is 0 Å². The third kappa shape index (κ3) is 9.60. The smallest absolute Gasteiger partial charge is 0.245 e. The van der Waals surface area contributed by atoms with Gasteiger partial charge in [0.25, 0.3) is 0 Å². The van der Waals surface area contributed by atoms with Crippen LogP contribution < -0.4 is 27.0 Å². The van der Waals surface area contributed by atoms with E-state index in [-0.39, 0.29) is 13.0 Å². The standard InChI is InChI=1S/C16H31N5O7/c1-2-3-6-18-14(26)10(7-22)20-16(28)12(9-24)21-15(27)11(8-23)19-13(25)4-5-17/h10-12,22-24H,2-9,17H2,1H3,(H,18,26)(H,19,25)(H,20,28)(H,21,27)/t10-,11-,12-/m1/s1. The monoisotopic (exact) mass is 405 g/mol. The van der Waals surface area contributed by atoms with Crippen LogP contribution in [0.4, 0.5) is 0 Å². The highest BCUT2D eigenvalue weighted by Gasteiger charge is 2.28. The highest BCUT2D eigenvalue weighted by molar-refractivity contribution is 5.94. The zero-order valence-corrected chi connectivity index (χ0v) is 15.9. The molecule has 0 heterocycles. The van der Waals surface area contributed by atoms with Gasteiger partial charge in [-0.2, -0.15) is 0 Å². The van der Waals surface area contributed by atoms with Crippen molar-refractivity contribution < 1.29 is 34.5 Å². The molecule has 0 fully saturated rings. The Kier molecular flexibility index (Phi) is 13.5. The van der Waals surface area contributed by atoms with Crippen molar-refractivity contribution in [1.29, 1.82) is 0 Å². The molecule has 0 unspecified atom stereocenters. The van der Waals surface area contributed by atoms with Gasteiger partial charge >= 0.3 is 0 Å². The number of aliphatic hydroxyl groups excluding tert-OH is 3. The number of nitrogens with one attached hydrogen (secondary N) is 4. The number of rotatable bonds is 14. The molecule has 0 radical (unpaired) electrons. The first-order chi connectivity index (χ1) is 13.3. The van der Waals surface area contributed by atoms with Gasteiger partial charge in [-0.15, -0.1) is 0 Å². The summed E-state index contributed by atoms with van der Waals surface area (Å²) in [5.41, 5.74) is 5.22. The molecule has 9 N–H and O–H groups in total. The third-order valence-corrected chi connectivity index (χ3v) is 3.67. The topological polar surface area (TPSA) is 203 Å². The normalized spacial score (nSPS) is 13.8. The summed E-state index contributed by atoms with van der Waals surface area (Å²) in [6.45, 7) is 0.149. The van der Waals surface area contributed by atoms with E-state index in [1.54, 1.807) is 0 Å². The Hall–Kier alpha value is -2.28. The molecule has 0 aromatic carbocycles. The number of hydrogen-bond donors (Lipinski definition) is 8. The molecule has 0 aromatic heterocycles. The lowest BCUT2D eigenvalue weighted by molar-refractivity contribution is -0.135. The maximum atomic E-state index is 12.2. The van der Waals surface area contributed by atoms with Crippen molar-refractivity contribution in [1.82, 2.24) is 21.3 Å². The fourth-order valence-electron chi connectivity index (χ4n) is 2.04. The number of unbranched alkanes of at least 4 members (excludes halogenated alkanes) is 1. The van der Waals surface area contributed by atoms with Crippen LogP contribution in [-0.4, -0.2) is 90.0 Å². The SMILES string of the molecule is CCCCNC(=O)[C@@H](CO)NC(=O)[C@@H](CO)NC(=O)[C@@H](CO)NC(=O)CCN. The number of carbonyl (C=O) groups is 4. The van der Waals surface area contributed by atoms with Crippen molar-refractivity contribution in [3.05, 3.63) is 0 Å². The van der Waals surface area contributed by atoms with Crippen LogP contribution in [0, 0.1) is 0 Å². The Morgan fingerprint density at radius 3 is 1.71 bits per heavy atom. The molecule has 28 heavy (non-hydrogen) atoms. The molecule has 0 rings (SSSR count). The van der Waals surface area contributed by atoms with E-state index in [1.807, 2.05) is 6.92 Å². The lowest BCUT2D eigenvalue weighted by Gasteiger charge is -2.23. The Balaban J connectivity index is 4.80. The van der Waals surface area contributed by atoms with Gasteiger partial charge in [-0.1, -0.05) is 13.3 Å². The quantitative estimate of drug-likeness (QED) is 0.132. The summed E-state index contributed by atoms with van der Waals surface area (Å²) in [6.07, 6.45) is 1.52. The fourth-order valence-corrected chi connectivity index (χ4v) is 2.04. The number of aliphatic hydroxyl groups is 3. The van der Waals surface area contributed by atoms with Gasteiger partial charge in [-0.05, 0) is 6.42 Å². The molecule has 0 saturated heterocycles. The van der Waals surface area contributed by atoms with Crippen LogP contribution in [-0.2, 0) is 19.2 Å². The molecule has 12 heteroatoms. The Morgan fingerprint density at radius 1 is 0.821 bits per heavy atom. The van der Waals surface area contributed by atoms with Crippen molar-refractivity contribution in [2.75, 3.05) is 32.9 Å². The van der Waals surface area contributed by atoms with E-state index in [2.05, 4.69) is 21.3 Å². The average Bonchev–Trinajstić information content (AvgIpc) is 2.68. The molecule has 0 aliphatic rings. The summed E-state index contributed by atoms with van der Waals surface area (Å²) < 4.78 is 0. The second kappa shape index (κ2) is 14.7. The van der Waals surface area contributed by atoms with Gasteiger partial charge in [0.1, 0.15) is 18.1 Å². The predicted molar refractivity (Wildman–Crippen MR) is 98.6 cm³/mol. The highest BCUT2D eigenvalue weighted by atomic mass is 16.3. The first kappa shape index (κ1) is 25.7. The summed E-state index contributed by atoms with van der Waals surface area (Å²) in [4.78, 5) is 47.7. The molecule has 4 amide bonds. The molecule has 0 bridgehead atoms. The van der Waals surface area contributed by atoms with Crippen molar-refractivity contribution >= 4 is 23.6 Å². The lowest BCUT2D eigenvalue weighted by atomic mass is 10.2. The van der Waals surface area contributed by atoms with E-state index in [4.69, 9.17) is 5.73 Å². The molecular formula is C16H31N5O7. The molecule has 12 nitrogen and oxygen atoms in total. The molecule has 0 aliphatic carbocycles. The highest BCUT2D eigenvalue weighted by Crippen LogP contribution is 1.93. The predicted octanol–water partition coefficient (Wildman–Crippen LogP) is -4.32. The van der Waals surface area contributed by atoms with E-state index in [0.717, 1.165) is 12.8 Å². The average molecular weight is 405 g/mol. The number of carbonyl (C=O) groups excluding carboxylic acids is 4. The molecule has 0 aromatic rings. The Labute approximate surface area is 163 Å². The van der Waals surface area contributed by atoms with E-state index in [1.165, 1.54) is 0 Å². The minimum atomic E-state index is -1.45. The zero-order valence-electron chi connectivity index (χ0n) is 15.9. The summed E-state index contributed by atoms with van der Waals surface area (Å²) in [6, 6.07) is -4.05. The summed E-state index contributed by atoms with van der Waals surface area (Å²) >= 11 is 0. The van der Waals surface area contributed by atoms with Gasteiger partial charge < -0.3 is 42.3 Å². The van der Waals surface area contributed by atoms with E-state index in [9.17, 15) is 34.5 Å². The third-order valence-electron chi connectivity index (χ3n) is 3.67. The fraction of sp³-hybridized carbons (Fsp3) is 0.750. The van der Waals surface area contributed by atoms with E-state index >= 15 is 0 Å². The lowest BCUT2D eigenvalue weighted by Crippen LogP contribution is -2.59. The Bertz CT molecular complexity index is 518. The van der Waals surface area contributed by atoms with Crippen LogP contribution in [0.25, 0.3) is 0 Å². The maximum Gasteiger partial charge on any atom is 0.245 e. The van der Waals surface area contributed by atoms with Gasteiger partial charge in [0.15, 0.2) is 0 Å². The maximum absolute atomic E-state index is 12.2. The second-order valence-electron chi connectivity index (χ2n) is 5.97. The van der Waals surface area contributed by atoms with Crippen LogP contribution in [0.1, 0.15) is 26.2 Å². The first-order valence-electron chi connectivity index (χ1n) is 9.04. The summed E-state index contributed by atoms with van der Waals surface area (Å²) in [5, 5.41) is 37.1. The minimum absolute atomic E-state index is 0.0517. The summed E-state index contributed by atoms with van der Waals surface area (Å²) in [5.74, 6) is -2.99. The molecule has 0 aliphatic heterocycles. The minimum Gasteiger partial charge on any atom is -0.394 e. The van der Waals surface area contributed by atoms with Gasteiger partial charge in [-0.25, -0.2) is 0 Å². The van der Waals surface area contributed by atoms with Crippen LogP contribution in [0.3, 0.4) is 0 Å². The number of nitrogens with two attached hydrogens (primary N) is 1. The van der Waals surface area contributed by atoms with Crippen molar-refractivity contribution in [2.24, 2.45) is 5.73 Å². The van der Waals surface area contributed by atoms with Crippen LogP contribution in [0.2, 0.25) is 0 Å². The first-order valence-corrected chi connectivity index (χ1v) is 9.04. The van der Waals surface area contributed by atoms with E-state index in [0.29, 0.717) is 6.54 Å².